The molecule has 0 heterocycles. The van der Waals surface area contributed by atoms with Gasteiger partial charge in [-0.25, -0.2) is 0 Å². The fourth-order valence-corrected chi connectivity index (χ4v) is 3.80. The highest BCUT2D eigenvalue weighted by atomic mass is 16.2. The smallest absolute Gasteiger partial charge is 0.252 e. The zero-order chi connectivity index (χ0) is 23.1. The number of aryl methyl sites for hydroxylation is 1. The molecule has 2 amide bonds. The van der Waals surface area contributed by atoms with E-state index in [4.69, 9.17) is 11.5 Å². The van der Waals surface area contributed by atoms with E-state index in [0.717, 1.165) is 34.7 Å². The number of hydrogen-bond acceptors (Lipinski definition) is 4. The Bertz CT molecular complexity index is 1090. The standard InChI is InChI=1S/C26H32N4O2/c1-17-13-14-20(30-26(32)24(28)12-5-6-15-27)16-23(17)25(31)29-18(2)21-11-7-9-19-8-3-4-10-22(19)21/h3-4,7-11,13-14,16,18,24H,5-6,12,15,27-28H2,1-2H3,(H,29,31)(H,30,32)/t18-,24+/m1/s1. The van der Waals surface area contributed by atoms with Crippen LogP contribution in [0.5, 0.6) is 0 Å². The maximum absolute atomic E-state index is 13.1. The second-order valence-corrected chi connectivity index (χ2v) is 8.17. The van der Waals surface area contributed by atoms with Crippen molar-refractivity contribution in [1.82, 2.24) is 5.32 Å². The molecule has 0 aliphatic heterocycles. The number of benzene rings is 3. The molecule has 6 nitrogen and oxygen atoms in total. The molecule has 168 valence electrons. The summed E-state index contributed by atoms with van der Waals surface area (Å²) in [5.41, 5.74) is 14.4. The van der Waals surface area contributed by atoms with Crippen LogP contribution in [-0.4, -0.2) is 24.4 Å². The minimum Gasteiger partial charge on any atom is -0.345 e. The molecule has 0 aliphatic rings. The van der Waals surface area contributed by atoms with Gasteiger partial charge in [-0.15, -0.1) is 0 Å². The molecule has 0 fully saturated rings. The number of carbonyl (C=O) groups is 2. The minimum absolute atomic E-state index is 0.179. The first-order chi connectivity index (χ1) is 15.4. The molecule has 0 unspecified atom stereocenters. The summed E-state index contributed by atoms with van der Waals surface area (Å²) in [6.45, 7) is 4.44. The molecule has 0 saturated carbocycles. The van der Waals surface area contributed by atoms with E-state index in [1.807, 2.05) is 44.2 Å². The van der Waals surface area contributed by atoms with E-state index >= 15 is 0 Å². The van der Waals surface area contributed by atoms with E-state index in [1.165, 1.54) is 0 Å². The molecule has 0 saturated heterocycles. The number of rotatable bonds is 9. The molecule has 0 aromatic heterocycles. The third-order valence-electron chi connectivity index (χ3n) is 5.69. The maximum Gasteiger partial charge on any atom is 0.252 e. The molecule has 3 rings (SSSR count). The summed E-state index contributed by atoms with van der Waals surface area (Å²) in [4.78, 5) is 25.5. The van der Waals surface area contributed by atoms with Crippen LogP contribution in [0.2, 0.25) is 0 Å². The van der Waals surface area contributed by atoms with E-state index in [9.17, 15) is 9.59 Å². The van der Waals surface area contributed by atoms with E-state index in [1.54, 1.807) is 12.1 Å². The summed E-state index contributed by atoms with van der Waals surface area (Å²) in [7, 11) is 0. The Hall–Kier alpha value is -3.22. The van der Waals surface area contributed by atoms with Crippen molar-refractivity contribution in [3.63, 3.8) is 0 Å². The Balaban J connectivity index is 1.72. The van der Waals surface area contributed by atoms with Crippen LogP contribution in [0.25, 0.3) is 10.8 Å². The number of unbranched alkanes of at least 4 members (excludes halogenated alkanes) is 1. The summed E-state index contributed by atoms with van der Waals surface area (Å²) in [6, 6.07) is 18.7. The van der Waals surface area contributed by atoms with E-state index in [2.05, 4.69) is 28.8 Å². The predicted octanol–water partition coefficient (Wildman–Crippen LogP) is 4.03. The third kappa shape index (κ3) is 5.72. The molecule has 0 bridgehead atoms. The van der Waals surface area contributed by atoms with Gasteiger partial charge in [-0.3, -0.25) is 9.59 Å². The number of anilines is 1. The van der Waals surface area contributed by atoms with Crippen LogP contribution in [0.3, 0.4) is 0 Å². The van der Waals surface area contributed by atoms with Gasteiger partial charge in [0, 0.05) is 11.3 Å². The quantitative estimate of drug-likeness (QED) is 0.383. The molecule has 0 radical (unpaired) electrons. The fraction of sp³-hybridized carbons (Fsp3) is 0.308. The topological polar surface area (TPSA) is 110 Å². The van der Waals surface area contributed by atoms with Crippen LogP contribution >= 0.6 is 0 Å². The van der Waals surface area contributed by atoms with Crippen LogP contribution in [-0.2, 0) is 4.79 Å². The van der Waals surface area contributed by atoms with E-state index < -0.39 is 6.04 Å². The van der Waals surface area contributed by atoms with Gasteiger partial charge in [-0.05, 0) is 67.3 Å². The van der Waals surface area contributed by atoms with Crippen LogP contribution in [0.1, 0.15) is 53.7 Å². The average molecular weight is 433 g/mol. The Morgan fingerprint density at radius 1 is 1.00 bits per heavy atom. The number of fused-ring (bicyclic) bond motifs is 1. The summed E-state index contributed by atoms with van der Waals surface area (Å²) in [6.07, 6.45) is 2.22. The van der Waals surface area contributed by atoms with Crippen molar-refractivity contribution in [2.24, 2.45) is 11.5 Å². The van der Waals surface area contributed by atoms with Gasteiger partial charge < -0.3 is 22.1 Å². The number of hydrogen-bond donors (Lipinski definition) is 4. The largest absolute Gasteiger partial charge is 0.345 e. The normalized spacial score (nSPS) is 12.9. The lowest BCUT2D eigenvalue weighted by molar-refractivity contribution is -0.117. The monoisotopic (exact) mass is 432 g/mol. The fourth-order valence-electron chi connectivity index (χ4n) is 3.80. The number of carbonyl (C=O) groups excluding carboxylic acids is 2. The van der Waals surface area contributed by atoms with Crippen molar-refractivity contribution in [1.29, 1.82) is 0 Å². The Kier molecular flexibility index (Phi) is 7.98. The first-order valence-electron chi connectivity index (χ1n) is 11.1. The highest BCUT2D eigenvalue weighted by Crippen LogP contribution is 2.25. The first kappa shape index (κ1) is 23.4. The molecule has 0 spiro atoms. The van der Waals surface area contributed by atoms with Crippen LogP contribution in [0, 0.1) is 6.92 Å². The van der Waals surface area contributed by atoms with Crippen molar-refractivity contribution in [3.05, 3.63) is 77.4 Å². The molecule has 32 heavy (non-hydrogen) atoms. The molecule has 6 heteroatoms. The average Bonchev–Trinajstić information content (AvgIpc) is 2.79. The summed E-state index contributed by atoms with van der Waals surface area (Å²) < 4.78 is 0. The summed E-state index contributed by atoms with van der Waals surface area (Å²) >= 11 is 0. The lowest BCUT2D eigenvalue weighted by Gasteiger charge is -2.18. The number of nitrogens with two attached hydrogens (primary N) is 2. The van der Waals surface area contributed by atoms with Crippen LogP contribution in [0.4, 0.5) is 5.69 Å². The first-order valence-corrected chi connectivity index (χ1v) is 11.1. The summed E-state index contributed by atoms with van der Waals surface area (Å²) in [5.74, 6) is -0.451. The Labute approximate surface area is 189 Å². The summed E-state index contributed by atoms with van der Waals surface area (Å²) in [5, 5.41) is 8.17. The Morgan fingerprint density at radius 3 is 2.53 bits per heavy atom. The van der Waals surface area contributed by atoms with Gasteiger partial charge in [0.2, 0.25) is 5.91 Å². The van der Waals surface area contributed by atoms with Crippen molar-refractivity contribution in [3.8, 4) is 0 Å². The lowest BCUT2D eigenvalue weighted by atomic mass is 9.99. The van der Waals surface area contributed by atoms with Gasteiger partial charge in [0.25, 0.3) is 5.91 Å². The van der Waals surface area contributed by atoms with Crippen molar-refractivity contribution in [2.75, 3.05) is 11.9 Å². The van der Waals surface area contributed by atoms with Crippen molar-refractivity contribution in [2.45, 2.75) is 45.2 Å². The second kappa shape index (κ2) is 10.9. The van der Waals surface area contributed by atoms with Crippen LogP contribution < -0.4 is 22.1 Å². The third-order valence-corrected chi connectivity index (χ3v) is 5.69. The van der Waals surface area contributed by atoms with Crippen molar-refractivity contribution < 1.29 is 9.59 Å². The van der Waals surface area contributed by atoms with E-state index in [-0.39, 0.29) is 17.9 Å². The SMILES string of the molecule is Cc1ccc(NC(=O)[C@@H](N)CCCCN)cc1C(=O)N[C@H](C)c1cccc2ccccc12. The van der Waals surface area contributed by atoms with Gasteiger partial charge in [-0.1, -0.05) is 55.0 Å². The number of amides is 2. The van der Waals surface area contributed by atoms with Gasteiger partial charge in [0.1, 0.15) is 0 Å². The molecule has 6 N–H and O–H groups in total. The molecular weight excluding hydrogens is 400 g/mol. The maximum atomic E-state index is 13.1. The van der Waals surface area contributed by atoms with Crippen LogP contribution in [0.15, 0.2) is 60.7 Å². The molecular formula is C26H32N4O2. The lowest BCUT2D eigenvalue weighted by Crippen LogP contribution is -2.35. The zero-order valence-electron chi connectivity index (χ0n) is 18.7. The van der Waals surface area contributed by atoms with Gasteiger partial charge in [0.05, 0.1) is 12.1 Å². The zero-order valence-corrected chi connectivity index (χ0v) is 18.7. The van der Waals surface area contributed by atoms with Gasteiger partial charge in [0.15, 0.2) is 0 Å². The minimum atomic E-state index is -0.605. The van der Waals surface area contributed by atoms with Crippen molar-refractivity contribution >= 4 is 28.3 Å². The molecule has 3 aromatic rings. The highest BCUT2D eigenvalue weighted by Gasteiger charge is 2.17. The predicted molar refractivity (Wildman–Crippen MR) is 131 cm³/mol. The molecule has 3 aromatic carbocycles. The molecule has 2 atom stereocenters. The van der Waals surface area contributed by atoms with E-state index in [0.29, 0.717) is 24.2 Å². The highest BCUT2D eigenvalue weighted by molar-refractivity contribution is 5.99. The van der Waals surface area contributed by atoms with Gasteiger partial charge >= 0.3 is 0 Å². The Morgan fingerprint density at radius 2 is 1.75 bits per heavy atom. The second-order valence-electron chi connectivity index (χ2n) is 8.17. The number of nitrogens with one attached hydrogen (secondary N) is 2. The van der Waals surface area contributed by atoms with Gasteiger partial charge in [-0.2, -0.15) is 0 Å². The molecule has 0 aliphatic carbocycles.